The molecular weight excluding hydrogens is 713 g/mol. The van der Waals surface area contributed by atoms with E-state index in [9.17, 15) is 9.59 Å². The van der Waals surface area contributed by atoms with Crippen molar-refractivity contribution in [2.24, 2.45) is 0 Å². The molecule has 0 spiro atoms. The zero-order chi connectivity index (χ0) is 37.3. The van der Waals surface area contributed by atoms with Crippen LogP contribution in [0.5, 0.6) is 0 Å². The van der Waals surface area contributed by atoms with Gasteiger partial charge in [0.1, 0.15) is 23.7 Å². The van der Waals surface area contributed by atoms with Gasteiger partial charge in [-0.15, -0.1) is 22.7 Å². The Kier molecular flexibility index (Phi) is 10.3. The van der Waals surface area contributed by atoms with Gasteiger partial charge in [-0.05, 0) is 89.3 Å². The summed E-state index contributed by atoms with van der Waals surface area (Å²) in [5.41, 5.74) is 3.92. The first-order valence-corrected chi connectivity index (χ1v) is 20.2. The number of benzene rings is 2. The molecule has 6 aromatic rings. The summed E-state index contributed by atoms with van der Waals surface area (Å²) in [5.74, 6) is 1.89. The Morgan fingerprint density at radius 3 is 1.39 bits per heavy atom. The lowest BCUT2D eigenvalue weighted by Gasteiger charge is -2.31. The molecule has 54 heavy (non-hydrogen) atoms. The zero-order valence-electron chi connectivity index (χ0n) is 31.1. The highest BCUT2D eigenvalue weighted by atomic mass is 32.1. The molecule has 2 amide bonds. The number of rotatable bonds is 11. The van der Waals surface area contributed by atoms with Crippen molar-refractivity contribution in [3.63, 3.8) is 0 Å². The number of imidazole rings is 2. The number of amides is 2. The first-order chi connectivity index (χ1) is 26.3. The Morgan fingerprint density at radius 1 is 0.611 bits per heavy atom. The van der Waals surface area contributed by atoms with Crippen molar-refractivity contribution in [3.8, 4) is 30.9 Å². The molecule has 10 nitrogen and oxygen atoms in total. The number of carbonyl (C=O) groups excluding carboxylic acids is 2. The summed E-state index contributed by atoms with van der Waals surface area (Å²) in [6.07, 6.45) is 7.47. The molecule has 4 aromatic heterocycles. The summed E-state index contributed by atoms with van der Waals surface area (Å²) >= 11 is 3.45. The van der Waals surface area contributed by atoms with Crippen LogP contribution in [0.4, 0.5) is 0 Å². The van der Waals surface area contributed by atoms with Crippen molar-refractivity contribution in [1.82, 2.24) is 39.5 Å². The first-order valence-electron chi connectivity index (χ1n) is 18.6. The number of H-pyrrole nitrogens is 2. The van der Waals surface area contributed by atoms with Crippen molar-refractivity contribution >= 4 is 34.5 Å². The van der Waals surface area contributed by atoms with Crippen LogP contribution in [0.3, 0.4) is 0 Å². The zero-order valence-corrected chi connectivity index (χ0v) is 32.7. The molecule has 2 aliphatic rings. The van der Waals surface area contributed by atoms with Crippen molar-refractivity contribution in [3.05, 3.63) is 120 Å². The summed E-state index contributed by atoms with van der Waals surface area (Å²) in [5, 5.41) is 0. The maximum atomic E-state index is 13.9. The van der Waals surface area contributed by atoms with Gasteiger partial charge in [-0.25, -0.2) is 9.97 Å². The van der Waals surface area contributed by atoms with E-state index >= 15 is 0 Å². The second kappa shape index (κ2) is 15.5. The molecule has 6 heterocycles. The van der Waals surface area contributed by atoms with E-state index in [-0.39, 0.29) is 36.0 Å². The molecule has 2 fully saturated rings. The van der Waals surface area contributed by atoms with Gasteiger partial charge in [-0.3, -0.25) is 19.4 Å². The number of aromatic amines is 2. The summed E-state index contributed by atoms with van der Waals surface area (Å²) in [6, 6.07) is 27.8. The standard InChI is InChI=1S/C42H46N8O2S2/c1-47(2)37(27-13-7-5-8-14-27)41(51)49-23-11-17-31(49)39-43-25-29(45-39)33-19-21-35(53-33)36-22-20-34(54-36)30-26-44-40(46-30)32-18-12-24-50(32)42(52)38(48(3)4)28-15-9-6-10-16-28/h5-10,13-16,19-22,25-26,31-32,37-38H,11-12,17-18,23-24H2,1-4H3,(H,43,45)(H,44,46)/t31-,32?,37+,38+/m0/s1. The van der Waals surface area contributed by atoms with Gasteiger partial charge in [0.05, 0.1) is 45.6 Å². The van der Waals surface area contributed by atoms with Crippen molar-refractivity contribution in [2.45, 2.75) is 49.9 Å². The predicted octanol–water partition coefficient (Wildman–Crippen LogP) is 8.19. The largest absolute Gasteiger partial charge is 0.340 e. The van der Waals surface area contributed by atoms with E-state index < -0.39 is 0 Å². The Balaban J connectivity index is 0.955. The summed E-state index contributed by atoms with van der Waals surface area (Å²) < 4.78 is 0. The number of aromatic nitrogens is 4. The maximum absolute atomic E-state index is 13.9. The lowest BCUT2D eigenvalue weighted by molar-refractivity contribution is -0.138. The molecule has 2 saturated heterocycles. The molecule has 278 valence electrons. The SMILES string of the molecule is CN(C)[C@@H](C(=O)N1CCCC1c1ncc(-c2ccc(-c3ccc(-c4cnc([C@@H]5CCCN5C(=O)[C@@H](c5ccccc5)N(C)C)[nH]4)s3)s2)[nH]1)c1ccccc1. The molecular formula is C42H46N8O2S2. The number of likely N-dealkylation sites (N-methyl/N-ethyl adjacent to an activating group) is 2. The molecule has 2 aromatic carbocycles. The third-order valence-corrected chi connectivity index (χ3v) is 13.0. The van der Waals surface area contributed by atoms with Gasteiger partial charge in [-0.2, -0.15) is 0 Å². The fourth-order valence-electron chi connectivity index (χ4n) is 8.03. The van der Waals surface area contributed by atoms with Crippen LogP contribution >= 0.6 is 22.7 Å². The van der Waals surface area contributed by atoms with Crippen molar-refractivity contribution in [2.75, 3.05) is 41.3 Å². The molecule has 12 heteroatoms. The number of carbonyl (C=O) groups is 2. The number of nitrogens with one attached hydrogen (secondary N) is 2. The van der Waals surface area contributed by atoms with Gasteiger partial charge >= 0.3 is 0 Å². The van der Waals surface area contributed by atoms with Crippen molar-refractivity contribution in [1.29, 1.82) is 0 Å². The first kappa shape index (κ1) is 36.1. The Labute approximate surface area is 324 Å². The number of thiophene rings is 2. The molecule has 2 aliphatic heterocycles. The third-order valence-electron chi connectivity index (χ3n) is 10.6. The predicted molar refractivity (Wildman–Crippen MR) is 216 cm³/mol. The molecule has 8 rings (SSSR count). The van der Waals surface area contributed by atoms with Crippen molar-refractivity contribution < 1.29 is 9.59 Å². The minimum absolute atomic E-state index is 0.0799. The highest BCUT2D eigenvalue weighted by molar-refractivity contribution is 7.25. The number of hydrogen-bond donors (Lipinski definition) is 2. The van der Waals surface area contributed by atoms with E-state index in [0.717, 1.165) is 82.7 Å². The summed E-state index contributed by atoms with van der Waals surface area (Å²) in [7, 11) is 7.85. The van der Waals surface area contributed by atoms with Crippen LogP contribution in [-0.2, 0) is 9.59 Å². The van der Waals surface area contributed by atoms with Crippen LogP contribution in [0.2, 0.25) is 0 Å². The van der Waals surface area contributed by atoms with Crippen LogP contribution in [0.25, 0.3) is 30.9 Å². The number of hydrogen-bond acceptors (Lipinski definition) is 8. The minimum Gasteiger partial charge on any atom is -0.340 e. The monoisotopic (exact) mass is 758 g/mol. The van der Waals surface area contributed by atoms with Crippen LogP contribution in [-0.4, -0.2) is 92.6 Å². The summed E-state index contributed by atoms with van der Waals surface area (Å²) in [6.45, 7) is 1.45. The average Bonchev–Trinajstić information content (AvgIpc) is 4.02. The fraction of sp³-hybridized carbons (Fsp3) is 0.333. The van der Waals surface area contributed by atoms with Crippen LogP contribution in [0.1, 0.15) is 72.6 Å². The Morgan fingerprint density at radius 2 is 1.00 bits per heavy atom. The van der Waals surface area contributed by atoms with Crippen LogP contribution in [0.15, 0.2) is 97.3 Å². The van der Waals surface area contributed by atoms with Crippen LogP contribution < -0.4 is 0 Å². The lowest BCUT2D eigenvalue weighted by Crippen LogP contribution is -2.40. The molecule has 0 radical (unpaired) electrons. The second-order valence-corrected chi connectivity index (χ2v) is 16.8. The van der Waals surface area contributed by atoms with Crippen LogP contribution in [0, 0.1) is 0 Å². The van der Waals surface area contributed by atoms with Gasteiger partial charge < -0.3 is 19.8 Å². The second-order valence-electron chi connectivity index (χ2n) is 14.6. The van der Waals surface area contributed by atoms with E-state index in [2.05, 4.69) is 34.2 Å². The lowest BCUT2D eigenvalue weighted by atomic mass is 10.0. The Bertz CT molecular complexity index is 2050. The van der Waals surface area contributed by atoms with Gasteiger partial charge in [-0.1, -0.05) is 60.7 Å². The average molecular weight is 759 g/mol. The normalized spacial score (nSPS) is 18.6. The molecule has 0 bridgehead atoms. The van der Waals surface area contributed by atoms with E-state index in [1.807, 2.05) is 121 Å². The molecule has 2 N–H and O–H groups in total. The van der Waals surface area contributed by atoms with Gasteiger partial charge in [0.15, 0.2) is 0 Å². The van der Waals surface area contributed by atoms with E-state index in [4.69, 9.17) is 9.97 Å². The highest BCUT2D eigenvalue weighted by Gasteiger charge is 2.38. The summed E-state index contributed by atoms with van der Waals surface area (Å²) in [4.78, 5) is 57.2. The molecule has 0 saturated carbocycles. The number of likely N-dealkylation sites (tertiary alicyclic amines) is 2. The van der Waals surface area contributed by atoms with E-state index in [1.54, 1.807) is 22.7 Å². The number of nitrogens with zero attached hydrogens (tertiary/aromatic N) is 6. The smallest absolute Gasteiger partial charge is 0.245 e. The van der Waals surface area contributed by atoms with Gasteiger partial charge in [0.2, 0.25) is 11.8 Å². The maximum Gasteiger partial charge on any atom is 0.245 e. The Hall–Kier alpha value is -4.88. The molecule has 0 aliphatic carbocycles. The minimum atomic E-state index is -0.340. The topological polar surface area (TPSA) is 104 Å². The highest BCUT2D eigenvalue weighted by Crippen LogP contribution is 2.42. The van der Waals surface area contributed by atoms with E-state index in [0.29, 0.717) is 0 Å². The van der Waals surface area contributed by atoms with Gasteiger partial charge in [0.25, 0.3) is 0 Å². The third kappa shape index (κ3) is 7.06. The van der Waals surface area contributed by atoms with E-state index in [1.165, 1.54) is 9.75 Å². The molecule has 4 atom stereocenters. The van der Waals surface area contributed by atoms with Gasteiger partial charge in [0, 0.05) is 22.8 Å². The molecule has 1 unspecified atom stereocenters. The fourth-order valence-corrected chi connectivity index (χ4v) is 10.1. The quantitative estimate of drug-likeness (QED) is 0.138.